The van der Waals surface area contributed by atoms with Crippen LogP contribution in [0.1, 0.15) is 40.2 Å². The predicted octanol–water partition coefficient (Wildman–Crippen LogP) is 3.78. The molecule has 0 radical (unpaired) electrons. The minimum Gasteiger partial charge on any atom is -0.494 e. The number of ether oxygens (including phenoxy) is 2. The van der Waals surface area contributed by atoms with Gasteiger partial charge in [-0.15, -0.1) is 0 Å². The number of methoxy groups -OCH3 is 1. The number of benzene rings is 2. The molecule has 1 aliphatic heterocycles. The van der Waals surface area contributed by atoms with E-state index in [4.69, 9.17) is 14.5 Å². The molecule has 2 aromatic carbocycles. The second kappa shape index (κ2) is 8.85. The smallest absolute Gasteiger partial charge is 0.257 e. The van der Waals surface area contributed by atoms with Gasteiger partial charge in [-0.05, 0) is 62.2 Å². The van der Waals surface area contributed by atoms with Crippen molar-refractivity contribution in [2.75, 3.05) is 39.7 Å². The van der Waals surface area contributed by atoms with Crippen molar-refractivity contribution in [3.05, 3.63) is 53.1 Å². The second-order valence-electron chi connectivity index (χ2n) is 7.94. The van der Waals surface area contributed by atoms with Crippen LogP contribution in [0.15, 0.2) is 36.4 Å². The van der Waals surface area contributed by atoms with Crippen LogP contribution in [0, 0.1) is 0 Å². The molecule has 30 heavy (non-hydrogen) atoms. The number of nitrogens with one attached hydrogen (secondary N) is 2. The van der Waals surface area contributed by atoms with E-state index in [0.717, 1.165) is 49.2 Å². The van der Waals surface area contributed by atoms with Crippen LogP contribution in [0.4, 0.5) is 5.95 Å². The first-order chi connectivity index (χ1) is 14.5. The van der Waals surface area contributed by atoms with Gasteiger partial charge in [-0.1, -0.05) is 18.2 Å². The summed E-state index contributed by atoms with van der Waals surface area (Å²) in [4.78, 5) is 22.8. The molecule has 2 N–H and O–H groups in total. The van der Waals surface area contributed by atoms with Crippen molar-refractivity contribution in [2.45, 2.75) is 25.3 Å². The van der Waals surface area contributed by atoms with Crippen molar-refractivity contribution >= 4 is 22.9 Å². The van der Waals surface area contributed by atoms with Crippen molar-refractivity contribution in [1.29, 1.82) is 0 Å². The lowest BCUT2D eigenvalue weighted by Crippen LogP contribution is -2.14. The molecule has 3 aromatic rings. The fourth-order valence-corrected chi connectivity index (χ4v) is 3.96. The van der Waals surface area contributed by atoms with Crippen LogP contribution in [0.5, 0.6) is 5.75 Å². The van der Waals surface area contributed by atoms with Gasteiger partial charge in [0.25, 0.3) is 5.91 Å². The second-order valence-corrected chi connectivity index (χ2v) is 7.94. The Kier molecular flexibility index (Phi) is 6.01. The van der Waals surface area contributed by atoms with Crippen LogP contribution in [0.25, 0.3) is 11.0 Å². The quantitative estimate of drug-likeness (QED) is 0.649. The maximum absolute atomic E-state index is 12.7. The summed E-state index contributed by atoms with van der Waals surface area (Å²) in [6.45, 7) is 2.35. The Morgan fingerprint density at radius 2 is 1.93 bits per heavy atom. The van der Waals surface area contributed by atoms with Crippen molar-refractivity contribution < 1.29 is 14.3 Å². The van der Waals surface area contributed by atoms with Gasteiger partial charge in [0, 0.05) is 25.3 Å². The van der Waals surface area contributed by atoms with Gasteiger partial charge in [0.05, 0.1) is 12.6 Å². The summed E-state index contributed by atoms with van der Waals surface area (Å²) in [6, 6.07) is 11.7. The number of anilines is 1. The minimum absolute atomic E-state index is 0.197. The molecule has 0 bridgehead atoms. The van der Waals surface area contributed by atoms with Crippen LogP contribution < -0.4 is 10.1 Å². The molecule has 0 spiro atoms. The Hall–Kier alpha value is -2.90. The molecule has 7 nitrogen and oxygen atoms in total. The Balaban J connectivity index is 1.58. The maximum Gasteiger partial charge on any atom is 0.257 e. The summed E-state index contributed by atoms with van der Waals surface area (Å²) < 4.78 is 11.0. The summed E-state index contributed by atoms with van der Waals surface area (Å²) in [7, 11) is 5.67. The van der Waals surface area contributed by atoms with E-state index in [1.807, 2.05) is 44.4 Å². The van der Waals surface area contributed by atoms with Crippen LogP contribution >= 0.6 is 0 Å². The molecule has 158 valence electrons. The van der Waals surface area contributed by atoms with E-state index in [2.05, 4.69) is 21.3 Å². The molecule has 7 heteroatoms. The first-order valence-corrected chi connectivity index (χ1v) is 10.2. The number of imidazole rings is 1. The first-order valence-electron chi connectivity index (χ1n) is 10.2. The fraction of sp³-hybridized carbons (Fsp3) is 0.391. The summed E-state index contributed by atoms with van der Waals surface area (Å²) in [5.41, 5.74) is 4.57. The number of hydrogen-bond acceptors (Lipinski definition) is 5. The number of H-pyrrole nitrogens is 1. The predicted molar refractivity (Wildman–Crippen MR) is 117 cm³/mol. The van der Waals surface area contributed by atoms with Crippen LogP contribution in [-0.2, 0) is 11.3 Å². The van der Waals surface area contributed by atoms with E-state index in [1.54, 1.807) is 7.11 Å². The SMILES string of the molecule is COc1ccc(C2CCOCC2)c2nc(NC(=O)c3ccc(CN(C)C)cc3)[nH]c12. The normalized spacial score (nSPS) is 14.9. The largest absolute Gasteiger partial charge is 0.494 e. The van der Waals surface area contributed by atoms with Crippen molar-refractivity contribution in [2.24, 2.45) is 0 Å². The molecule has 1 saturated heterocycles. The first kappa shape index (κ1) is 20.4. The van der Waals surface area contributed by atoms with Crippen LogP contribution in [-0.4, -0.2) is 55.2 Å². The van der Waals surface area contributed by atoms with Gasteiger partial charge in [-0.3, -0.25) is 10.1 Å². The standard InChI is InChI=1S/C23H28N4O3/c1-27(2)14-15-4-6-17(7-5-15)22(28)26-23-24-20-18(16-10-12-30-13-11-16)8-9-19(29-3)21(20)25-23/h4-9,16H,10-14H2,1-3H3,(H2,24,25,26,28). The number of hydrogen-bond donors (Lipinski definition) is 2. The van der Waals surface area contributed by atoms with Gasteiger partial charge >= 0.3 is 0 Å². The van der Waals surface area contributed by atoms with Gasteiger partial charge in [-0.25, -0.2) is 4.98 Å². The molecule has 0 saturated carbocycles. The third-order valence-corrected chi connectivity index (χ3v) is 5.47. The maximum atomic E-state index is 12.7. The topological polar surface area (TPSA) is 79.5 Å². The molecule has 0 atom stereocenters. The van der Waals surface area contributed by atoms with Crippen LogP contribution in [0.3, 0.4) is 0 Å². The highest BCUT2D eigenvalue weighted by atomic mass is 16.5. The van der Waals surface area contributed by atoms with Gasteiger partial charge < -0.3 is 19.4 Å². The molecule has 2 heterocycles. The van der Waals surface area contributed by atoms with Gasteiger partial charge in [0.15, 0.2) is 0 Å². The fourth-order valence-electron chi connectivity index (χ4n) is 3.96. The monoisotopic (exact) mass is 408 g/mol. The molecule has 0 unspecified atom stereocenters. The molecule has 1 amide bonds. The number of rotatable bonds is 6. The Morgan fingerprint density at radius 1 is 1.20 bits per heavy atom. The Bertz CT molecular complexity index is 1020. The summed E-state index contributed by atoms with van der Waals surface area (Å²) in [5.74, 6) is 1.33. The zero-order chi connectivity index (χ0) is 21.1. The van der Waals surface area contributed by atoms with E-state index in [-0.39, 0.29) is 5.91 Å². The van der Waals surface area contributed by atoms with Gasteiger partial charge in [0.2, 0.25) is 5.95 Å². The number of fused-ring (bicyclic) bond motifs is 1. The van der Waals surface area contributed by atoms with Gasteiger partial charge in [0.1, 0.15) is 11.3 Å². The zero-order valence-electron chi connectivity index (χ0n) is 17.7. The Morgan fingerprint density at radius 3 is 2.60 bits per heavy atom. The molecule has 1 fully saturated rings. The van der Waals surface area contributed by atoms with Gasteiger partial charge in [-0.2, -0.15) is 0 Å². The highest BCUT2D eigenvalue weighted by Crippen LogP contribution is 2.36. The third-order valence-electron chi connectivity index (χ3n) is 5.47. The molecule has 4 rings (SSSR count). The minimum atomic E-state index is -0.197. The zero-order valence-corrected chi connectivity index (χ0v) is 17.7. The van der Waals surface area contributed by atoms with Crippen LogP contribution in [0.2, 0.25) is 0 Å². The molecule has 0 aliphatic carbocycles. The van der Waals surface area contributed by atoms with Crippen molar-refractivity contribution in [1.82, 2.24) is 14.9 Å². The lowest BCUT2D eigenvalue weighted by atomic mass is 9.90. The highest BCUT2D eigenvalue weighted by Gasteiger charge is 2.22. The summed E-state index contributed by atoms with van der Waals surface area (Å²) in [5, 5.41) is 2.89. The molecular formula is C23H28N4O3. The lowest BCUT2D eigenvalue weighted by Gasteiger charge is -2.22. The third kappa shape index (κ3) is 4.32. The number of carbonyl (C=O) groups is 1. The summed E-state index contributed by atoms with van der Waals surface area (Å²) >= 11 is 0. The van der Waals surface area contributed by atoms with Crippen molar-refractivity contribution in [3.63, 3.8) is 0 Å². The van der Waals surface area contributed by atoms with E-state index in [1.165, 1.54) is 5.56 Å². The summed E-state index contributed by atoms with van der Waals surface area (Å²) in [6.07, 6.45) is 1.94. The number of amides is 1. The molecular weight excluding hydrogens is 380 g/mol. The molecule has 1 aliphatic rings. The average Bonchev–Trinajstić information content (AvgIpc) is 3.17. The Labute approximate surface area is 176 Å². The highest BCUT2D eigenvalue weighted by molar-refractivity contribution is 6.04. The number of aromatic amines is 1. The molecule has 1 aromatic heterocycles. The van der Waals surface area contributed by atoms with E-state index >= 15 is 0 Å². The number of aromatic nitrogens is 2. The van der Waals surface area contributed by atoms with E-state index < -0.39 is 0 Å². The number of nitrogens with zero attached hydrogens (tertiary/aromatic N) is 2. The van der Waals surface area contributed by atoms with Crippen molar-refractivity contribution in [3.8, 4) is 5.75 Å². The average molecular weight is 409 g/mol. The van der Waals surface area contributed by atoms with E-state index in [9.17, 15) is 4.79 Å². The lowest BCUT2D eigenvalue weighted by molar-refractivity contribution is 0.0856. The number of carbonyl (C=O) groups excluding carboxylic acids is 1. The van der Waals surface area contributed by atoms with E-state index in [0.29, 0.717) is 23.2 Å².